The zero-order chi connectivity index (χ0) is 15.4. The molecule has 2 atom stereocenters. The minimum absolute atomic E-state index is 0.0551. The van der Waals surface area contributed by atoms with E-state index >= 15 is 0 Å². The normalized spacial score (nSPS) is 23.8. The first kappa shape index (κ1) is 18.3. The quantitative estimate of drug-likeness (QED) is 0.775. The Kier molecular flexibility index (Phi) is 6.83. The van der Waals surface area contributed by atoms with Crippen LogP contribution in [0.1, 0.15) is 34.6 Å². The van der Waals surface area contributed by atoms with Crippen LogP contribution in [0, 0.1) is 5.41 Å². The lowest BCUT2D eigenvalue weighted by Crippen LogP contribution is -2.54. The van der Waals surface area contributed by atoms with Crippen molar-refractivity contribution in [3.63, 3.8) is 0 Å². The predicted molar refractivity (Wildman–Crippen MR) is 89.1 cm³/mol. The van der Waals surface area contributed by atoms with Crippen molar-refractivity contribution in [1.82, 2.24) is 10.2 Å². The SMILES string of the molecule is CCNC(C)C(C)(C)CN1CCSCC1S(=O)(=O)CC. The van der Waals surface area contributed by atoms with Crippen LogP contribution in [0.4, 0.5) is 0 Å². The molecule has 0 aromatic carbocycles. The maximum Gasteiger partial charge on any atom is 0.166 e. The second-order valence-corrected chi connectivity index (χ2v) is 9.82. The van der Waals surface area contributed by atoms with Crippen molar-refractivity contribution in [1.29, 1.82) is 0 Å². The average Bonchev–Trinajstić information content (AvgIpc) is 2.39. The fraction of sp³-hybridized carbons (Fsp3) is 1.00. The van der Waals surface area contributed by atoms with Gasteiger partial charge in [0, 0.05) is 36.4 Å². The number of hydrogen-bond donors (Lipinski definition) is 1. The highest BCUT2D eigenvalue weighted by Crippen LogP contribution is 2.28. The molecule has 120 valence electrons. The van der Waals surface area contributed by atoms with E-state index in [0.717, 1.165) is 25.4 Å². The molecule has 1 fully saturated rings. The topological polar surface area (TPSA) is 49.4 Å². The van der Waals surface area contributed by atoms with E-state index in [1.54, 1.807) is 18.7 Å². The molecule has 0 spiro atoms. The van der Waals surface area contributed by atoms with Crippen molar-refractivity contribution in [2.24, 2.45) is 5.41 Å². The van der Waals surface area contributed by atoms with Crippen molar-refractivity contribution in [2.45, 2.75) is 46.0 Å². The highest BCUT2D eigenvalue weighted by atomic mass is 32.2. The molecule has 0 saturated carbocycles. The molecule has 20 heavy (non-hydrogen) atoms. The lowest BCUT2D eigenvalue weighted by atomic mass is 9.84. The standard InChI is InChI=1S/C14H30N2O2S2/c1-6-15-12(3)14(4,5)11-16-8-9-19-10-13(16)20(17,18)7-2/h12-13,15H,6-11H2,1-5H3. The van der Waals surface area contributed by atoms with Crippen LogP contribution in [-0.4, -0.2) is 61.6 Å². The Morgan fingerprint density at radius 1 is 1.40 bits per heavy atom. The minimum Gasteiger partial charge on any atom is -0.314 e. The first-order valence-electron chi connectivity index (χ1n) is 7.51. The molecule has 1 saturated heterocycles. The molecule has 1 aliphatic rings. The van der Waals surface area contributed by atoms with Crippen LogP contribution in [0.15, 0.2) is 0 Å². The van der Waals surface area contributed by atoms with Gasteiger partial charge < -0.3 is 5.32 Å². The van der Waals surface area contributed by atoms with Crippen LogP contribution in [0.5, 0.6) is 0 Å². The van der Waals surface area contributed by atoms with Crippen LogP contribution in [0.3, 0.4) is 0 Å². The van der Waals surface area contributed by atoms with E-state index in [4.69, 9.17) is 0 Å². The number of rotatable bonds is 7. The average molecular weight is 323 g/mol. The van der Waals surface area contributed by atoms with Crippen molar-refractivity contribution in [3.05, 3.63) is 0 Å². The summed E-state index contributed by atoms with van der Waals surface area (Å²) in [5, 5.41) is 3.16. The zero-order valence-electron chi connectivity index (χ0n) is 13.5. The minimum atomic E-state index is -3.00. The summed E-state index contributed by atoms with van der Waals surface area (Å²) in [6.07, 6.45) is 0. The molecule has 1 N–H and O–H groups in total. The Labute approximate surface area is 129 Å². The van der Waals surface area contributed by atoms with E-state index in [9.17, 15) is 8.42 Å². The summed E-state index contributed by atoms with van der Waals surface area (Å²) in [5.41, 5.74) is 0.0551. The van der Waals surface area contributed by atoms with E-state index in [1.807, 2.05) is 0 Å². The number of nitrogens with zero attached hydrogens (tertiary/aromatic N) is 1. The fourth-order valence-electron chi connectivity index (χ4n) is 2.56. The number of thioether (sulfide) groups is 1. The summed E-state index contributed by atoms with van der Waals surface area (Å²) in [7, 11) is -3.00. The highest BCUT2D eigenvalue weighted by Gasteiger charge is 2.37. The Hall–Kier alpha value is 0.220. The third kappa shape index (κ3) is 4.61. The van der Waals surface area contributed by atoms with Gasteiger partial charge in [-0.1, -0.05) is 27.7 Å². The van der Waals surface area contributed by atoms with Crippen LogP contribution in [0.25, 0.3) is 0 Å². The van der Waals surface area contributed by atoms with Gasteiger partial charge >= 0.3 is 0 Å². The molecule has 0 aliphatic carbocycles. The summed E-state index contributed by atoms with van der Waals surface area (Å²) in [6, 6.07) is 0.368. The Morgan fingerprint density at radius 2 is 2.05 bits per heavy atom. The van der Waals surface area contributed by atoms with Gasteiger partial charge in [-0.05, 0) is 18.9 Å². The molecule has 1 aliphatic heterocycles. The first-order chi connectivity index (χ1) is 9.24. The van der Waals surface area contributed by atoms with Crippen molar-refractivity contribution in [3.8, 4) is 0 Å². The largest absolute Gasteiger partial charge is 0.314 e. The molecule has 2 unspecified atom stereocenters. The van der Waals surface area contributed by atoms with Gasteiger partial charge in [-0.2, -0.15) is 11.8 Å². The number of nitrogens with one attached hydrogen (secondary N) is 1. The molecule has 0 radical (unpaired) electrons. The van der Waals surface area contributed by atoms with Crippen LogP contribution >= 0.6 is 11.8 Å². The Bertz CT molecular complexity index is 396. The zero-order valence-corrected chi connectivity index (χ0v) is 15.1. The smallest absolute Gasteiger partial charge is 0.166 e. The molecule has 4 nitrogen and oxygen atoms in total. The molecular weight excluding hydrogens is 292 g/mol. The van der Waals surface area contributed by atoms with Crippen LogP contribution < -0.4 is 5.32 Å². The fourth-order valence-corrected chi connectivity index (χ4v) is 5.64. The lowest BCUT2D eigenvalue weighted by Gasteiger charge is -2.42. The molecular formula is C14H30N2O2S2. The van der Waals surface area contributed by atoms with Crippen LogP contribution in [0.2, 0.25) is 0 Å². The summed E-state index contributed by atoms with van der Waals surface area (Å²) in [5.74, 6) is 1.97. The van der Waals surface area contributed by atoms with Gasteiger partial charge in [0.1, 0.15) is 5.37 Å². The summed E-state index contributed by atoms with van der Waals surface area (Å²) < 4.78 is 24.6. The monoisotopic (exact) mass is 322 g/mol. The van der Waals surface area contributed by atoms with E-state index in [1.165, 1.54) is 0 Å². The van der Waals surface area contributed by atoms with Gasteiger partial charge in [0.25, 0.3) is 0 Å². The third-order valence-electron chi connectivity index (χ3n) is 4.30. The maximum absolute atomic E-state index is 12.3. The van der Waals surface area contributed by atoms with Crippen molar-refractivity contribution >= 4 is 21.6 Å². The third-order valence-corrected chi connectivity index (χ3v) is 7.63. The Balaban J connectivity index is 2.81. The second-order valence-electron chi connectivity index (χ2n) is 6.22. The molecule has 0 bridgehead atoms. The number of hydrogen-bond acceptors (Lipinski definition) is 5. The molecule has 0 aromatic heterocycles. The summed E-state index contributed by atoms with van der Waals surface area (Å²) in [6.45, 7) is 13.1. The van der Waals surface area contributed by atoms with E-state index in [2.05, 4.69) is 37.9 Å². The van der Waals surface area contributed by atoms with E-state index < -0.39 is 9.84 Å². The lowest BCUT2D eigenvalue weighted by molar-refractivity contribution is 0.140. The molecule has 1 rings (SSSR count). The van der Waals surface area contributed by atoms with E-state index in [0.29, 0.717) is 11.8 Å². The first-order valence-corrected chi connectivity index (χ1v) is 10.4. The van der Waals surface area contributed by atoms with Crippen molar-refractivity contribution < 1.29 is 8.42 Å². The second kappa shape index (κ2) is 7.47. The molecule has 6 heteroatoms. The van der Waals surface area contributed by atoms with Gasteiger partial charge in [0.05, 0.1) is 0 Å². The highest BCUT2D eigenvalue weighted by molar-refractivity contribution is 8.01. The predicted octanol–water partition coefficient (Wildman–Crippen LogP) is 1.82. The molecule has 1 heterocycles. The van der Waals surface area contributed by atoms with Gasteiger partial charge in [0.2, 0.25) is 0 Å². The van der Waals surface area contributed by atoms with Gasteiger partial charge in [0.15, 0.2) is 9.84 Å². The van der Waals surface area contributed by atoms with Gasteiger partial charge in [-0.25, -0.2) is 8.42 Å². The van der Waals surface area contributed by atoms with E-state index in [-0.39, 0.29) is 16.5 Å². The van der Waals surface area contributed by atoms with Gasteiger partial charge in [-0.15, -0.1) is 0 Å². The maximum atomic E-state index is 12.3. The summed E-state index contributed by atoms with van der Waals surface area (Å²) >= 11 is 1.76. The molecule has 0 aromatic rings. The summed E-state index contributed by atoms with van der Waals surface area (Å²) in [4.78, 5) is 2.18. The number of sulfone groups is 1. The Morgan fingerprint density at radius 3 is 2.60 bits per heavy atom. The van der Waals surface area contributed by atoms with Gasteiger partial charge in [-0.3, -0.25) is 4.90 Å². The van der Waals surface area contributed by atoms with Crippen molar-refractivity contribution in [2.75, 3.05) is 36.9 Å². The molecule has 0 amide bonds. The van der Waals surface area contributed by atoms with Crippen LogP contribution in [-0.2, 0) is 9.84 Å².